The molecule has 0 atom stereocenters. The zero-order valence-electron chi connectivity index (χ0n) is 9.41. The van der Waals surface area contributed by atoms with Crippen molar-refractivity contribution in [2.45, 2.75) is 34.6 Å². The van der Waals surface area contributed by atoms with E-state index in [1.54, 1.807) is 0 Å². The standard InChI is InChI=1S/C10H15.4ClH.Rh/c1-7-6-10(4,5)9(3)8(7)2;;;;;/h1-5H3;4*1H;/q-1;;;;;+3/p-2. The van der Waals surface area contributed by atoms with Gasteiger partial charge in [-0.25, -0.2) is 5.57 Å². The monoisotopic (exact) mass is 380 g/mol. The summed E-state index contributed by atoms with van der Waals surface area (Å²) in [4.78, 5) is 0. The fourth-order valence-corrected chi connectivity index (χ4v) is 1.41. The Bertz CT molecular complexity index is 244. The van der Waals surface area contributed by atoms with Gasteiger partial charge in [0.15, 0.2) is 0 Å². The van der Waals surface area contributed by atoms with Gasteiger partial charge in [-0.1, -0.05) is 33.1 Å². The van der Waals surface area contributed by atoms with Crippen LogP contribution in [0.5, 0.6) is 0 Å². The summed E-state index contributed by atoms with van der Waals surface area (Å²) in [7, 11) is 9.67. The van der Waals surface area contributed by atoms with Crippen molar-refractivity contribution >= 4 is 44.2 Å². The molecule has 0 saturated carbocycles. The molecule has 0 aromatic heterocycles. The van der Waals surface area contributed by atoms with Gasteiger partial charge in [-0.2, -0.15) is 11.1 Å². The van der Waals surface area contributed by atoms with Crippen molar-refractivity contribution in [3.05, 3.63) is 22.8 Å². The zero-order valence-corrected chi connectivity index (χ0v) is 14.2. The van der Waals surface area contributed by atoms with Crippen molar-refractivity contribution in [2.75, 3.05) is 0 Å². The average Bonchev–Trinajstić information content (AvgIpc) is 2.16. The van der Waals surface area contributed by atoms with E-state index in [0.717, 1.165) is 0 Å². The molecule has 0 aromatic rings. The van der Waals surface area contributed by atoms with Gasteiger partial charge < -0.3 is 0 Å². The predicted molar refractivity (Wildman–Crippen MR) is 70.8 cm³/mol. The van der Waals surface area contributed by atoms with E-state index in [2.05, 4.69) is 40.7 Å². The molecule has 0 amide bonds. The first-order valence-corrected chi connectivity index (χ1v) is 8.22. The maximum atomic E-state index is 4.83. The van der Waals surface area contributed by atoms with Gasteiger partial charge in [0.05, 0.1) is 0 Å². The summed E-state index contributed by atoms with van der Waals surface area (Å²) in [5, 5.41) is 0. The molecule has 5 heteroatoms. The summed E-state index contributed by atoms with van der Waals surface area (Å²) in [6.45, 7) is 10.9. The van der Waals surface area contributed by atoms with Crippen molar-refractivity contribution in [1.82, 2.24) is 0 Å². The SMILES string of the molecule is CC1=[C-]C(C)(C)C(C)=C1C.Cl.Cl.[Cl][Rh+][Cl]. The Morgan fingerprint density at radius 2 is 1.40 bits per heavy atom. The summed E-state index contributed by atoms with van der Waals surface area (Å²) in [5.74, 6) is 0. The first kappa shape index (κ1) is 21.5. The van der Waals surface area contributed by atoms with E-state index < -0.39 is 0 Å². The van der Waals surface area contributed by atoms with Crippen molar-refractivity contribution < 1.29 is 15.1 Å². The molecular weight excluding hydrogens is 365 g/mol. The fraction of sp³-hybridized carbons (Fsp3) is 0.600. The maximum absolute atomic E-state index is 4.83. The summed E-state index contributed by atoms with van der Waals surface area (Å²) in [6.07, 6.45) is 3.44. The van der Waals surface area contributed by atoms with E-state index in [-0.39, 0.29) is 45.4 Å². The molecule has 1 aliphatic carbocycles. The third kappa shape index (κ3) is 6.54. The minimum absolute atomic E-state index is 0. The number of hydrogen-bond donors (Lipinski definition) is 0. The van der Waals surface area contributed by atoms with Crippen LogP contribution in [0.2, 0.25) is 0 Å². The second kappa shape index (κ2) is 9.31. The molecule has 0 heterocycles. The van der Waals surface area contributed by atoms with Gasteiger partial charge in [0.25, 0.3) is 0 Å². The quantitative estimate of drug-likeness (QED) is 0.393. The molecule has 0 aromatic carbocycles. The van der Waals surface area contributed by atoms with Crippen molar-refractivity contribution in [3.8, 4) is 0 Å². The first-order valence-electron chi connectivity index (χ1n) is 4.00. The Kier molecular flexibility index (Phi) is 13.4. The molecule has 0 N–H and O–H groups in total. The van der Waals surface area contributed by atoms with Crippen LogP contribution in [0.4, 0.5) is 0 Å². The molecule has 0 fully saturated rings. The summed E-state index contributed by atoms with van der Waals surface area (Å²) >= 11 is -0.226. The van der Waals surface area contributed by atoms with E-state index in [4.69, 9.17) is 19.4 Å². The van der Waals surface area contributed by atoms with Crippen molar-refractivity contribution in [1.29, 1.82) is 0 Å². The van der Waals surface area contributed by atoms with Crippen LogP contribution in [0, 0.1) is 11.5 Å². The van der Waals surface area contributed by atoms with Crippen LogP contribution in [-0.4, -0.2) is 0 Å². The third-order valence-corrected chi connectivity index (χ3v) is 2.56. The van der Waals surface area contributed by atoms with Gasteiger partial charge in [-0.3, -0.25) is 6.08 Å². The van der Waals surface area contributed by atoms with E-state index in [1.807, 2.05) is 0 Å². The molecule has 0 saturated heterocycles. The van der Waals surface area contributed by atoms with E-state index in [9.17, 15) is 0 Å². The Morgan fingerprint density at radius 3 is 1.47 bits per heavy atom. The Hall–Kier alpha value is 1.26. The molecule has 0 nitrogen and oxygen atoms in total. The minimum atomic E-state index is -0.226. The second-order valence-electron chi connectivity index (χ2n) is 3.67. The molecule has 1 aliphatic rings. The molecule has 0 aliphatic heterocycles. The molecule has 0 unspecified atom stereocenters. The topological polar surface area (TPSA) is 0 Å². The number of allylic oxidation sites excluding steroid dienone is 4. The molecular formula is C10H17Cl4Rh. The van der Waals surface area contributed by atoms with Gasteiger partial charge in [0.2, 0.25) is 0 Å². The normalized spacial score (nSPS) is 17.1. The van der Waals surface area contributed by atoms with Crippen LogP contribution >= 0.6 is 44.2 Å². The predicted octanol–water partition coefficient (Wildman–Crippen LogP) is 5.33. The van der Waals surface area contributed by atoms with E-state index >= 15 is 0 Å². The number of hydrogen-bond acceptors (Lipinski definition) is 0. The zero-order chi connectivity index (χ0) is 10.6. The number of rotatable bonds is 0. The van der Waals surface area contributed by atoms with Gasteiger partial charge in [-0.15, -0.1) is 31.7 Å². The van der Waals surface area contributed by atoms with Crippen molar-refractivity contribution in [3.63, 3.8) is 0 Å². The van der Waals surface area contributed by atoms with Gasteiger partial charge in [0, 0.05) is 0 Å². The number of halogens is 4. The van der Waals surface area contributed by atoms with Crippen molar-refractivity contribution in [2.24, 2.45) is 5.41 Å². The summed E-state index contributed by atoms with van der Waals surface area (Å²) < 4.78 is 0. The van der Waals surface area contributed by atoms with Crippen LogP contribution in [0.25, 0.3) is 0 Å². The average molecular weight is 382 g/mol. The fourth-order valence-electron chi connectivity index (χ4n) is 1.41. The second-order valence-corrected chi connectivity index (χ2v) is 6.16. The molecule has 0 bridgehead atoms. The van der Waals surface area contributed by atoms with Crippen LogP contribution in [-0.2, 0) is 15.1 Å². The molecule has 0 radical (unpaired) electrons. The van der Waals surface area contributed by atoms with E-state index in [0.29, 0.717) is 0 Å². The van der Waals surface area contributed by atoms with Crippen LogP contribution < -0.4 is 0 Å². The first-order chi connectivity index (χ1) is 5.86. The van der Waals surface area contributed by atoms with Crippen LogP contribution in [0.1, 0.15) is 34.6 Å². The van der Waals surface area contributed by atoms with Gasteiger partial charge in [0.1, 0.15) is 0 Å². The van der Waals surface area contributed by atoms with Gasteiger partial charge in [-0.05, 0) is 0 Å². The molecule has 0 spiro atoms. The molecule has 1 rings (SSSR count). The Labute approximate surface area is 121 Å². The Morgan fingerprint density at radius 1 is 1.07 bits per heavy atom. The molecule has 15 heavy (non-hydrogen) atoms. The summed E-state index contributed by atoms with van der Waals surface area (Å²) in [6, 6.07) is 0. The van der Waals surface area contributed by atoms with Crippen LogP contribution in [0.15, 0.2) is 16.7 Å². The van der Waals surface area contributed by atoms with E-state index in [1.165, 1.54) is 16.7 Å². The third-order valence-electron chi connectivity index (χ3n) is 2.56. The summed E-state index contributed by atoms with van der Waals surface area (Å²) in [5.41, 5.74) is 4.39. The Balaban J connectivity index is -0.000000260. The van der Waals surface area contributed by atoms with Gasteiger partial charge >= 0.3 is 34.5 Å². The molecule has 94 valence electrons. The van der Waals surface area contributed by atoms with Crippen LogP contribution in [0.3, 0.4) is 0 Å².